The molecule has 0 aromatic heterocycles. The molecule has 0 saturated heterocycles. The van der Waals surface area contributed by atoms with Gasteiger partial charge in [0.05, 0.1) is 16.8 Å². The van der Waals surface area contributed by atoms with Crippen molar-refractivity contribution in [3.05, 3.63) is 52.0 Å². The Kier molecular flexibility index (Phi) is 6.04. The monoisotopic (exact) mass is 377 g/mol. The van der Waals surface area contributed by atoms with Crippen LogP contribution in [0.2, 0.25) is 0 Å². The summed E-state index contributed by atoms with van der Waals surface area (Å²) in [7, 11) is 0. The van der Waals surface area contributed by atoms with Gasteiger partial charge >= 0.3 is 0 Å². The molecule has 1 N–H and O–H groups in total. The van der Waals surface area contributed by atoms with Gasteiger partial charge in [-0.25, -0.2) is 0 Å². The Hall–Kier alpha value is -2.01. The van der Waals surface area contributed by atoms with Crippen LogP contribution >= 0.6 is 15.9 Å². The zero-order valence-corrected chi connectivity index (χ0v) is 15.1. The van der Waals surface area contributed by atoms with Gasteiger partial charge in [-0.05, 0) is 66.0 Å². The molecular formula is C18H20BrNO3. The number of carbonyl (C=O) groups excluding carboxylic acids is 1. The van der Waals surface area contributed by atoms with Gasteiger partial charge < -0.3 is 14.8 Å². The number of carbonyl (C=O) groups is 1. The Labute approximate surface area is 144 Å². The van der Waals surface area contributed by atoms with Gasteiger partial charge in [-0.15, -0.1) is 0 Å². The van der Waals surface area contributed by atoms with E-state index in [0.29, 0.717) is 23.8 Å². The van der Waals surface area contributed by atoms with Crippen molar-refractivity contribution in [2.75, 3.05) is 18.5 Å². The van der Waals surface area contributed by atoms with Crippen LogP contribution in [0.3, 0.4) is 0 Å². The van der Waals surface area contributed by atoms with Gasteiger partial charge in [0.1, 0.15) is 11.5 Å². The van der Waals surface area contributed by atoms with Crippen LogP contribution in [0.5, 0.6) is 11.5 Å². The van der Waals surface area contributed by atoms with Crippen LogP contribution in [0.25, 0.3) is 0 Å². The van der Waals surface area contributed by atoms with Gasteiger partial charge in [0.15, 0.2) is 6.61 Å². The molecule has 0 aliphatic rings. The Morgan fingerprint density at radius 3 is 2.61 bits per heavy atom. The van der Waals surface area contributed by atoms with Crippen molar-refractivity contribution in [1.29, 1.82) is 0 Å². The summed E-state index contributed by atoms with van der Waals surface area (Å²) >= 11 is 3.47. The fourth-order valence-corrected chi connectivity index (χ4v) is 3.05. The Morgan fingerprint density at radius 1 is 1.17 bits per heavy atom. The molecule has 0 aliphatic heterocycles. The van der Waals surface area contributed by atoms with Crippen LogP contribution in [-0.4, -0.2) is 19.1 Å². The Morgan fingerprint density at radius 2 is 1.91 bits per heavy atom. The summed E-state index contributed by atoms with van der Waals surface area (Å²) in [6.45, 7) is 6.34. The van der Waals surface area contributed by atoms with E-state index in [1.807, 2.05) is 51.1 Å². The third-order valence-corrected chi connectivity index (χ3v) is 3.77. The zero-order valence-electron chi connectivity index (χ0n) is 13.5. The van der Waals surface area contributed by atoms with Gasteiger partial charge in [-0.3, -0.25) is 4.79 Å². The second kappa shape index (κ2) is 8.02. The average Bonchev–Trinajstić information content (AvgIpc) is 2.48. The van der Waals surface area contributed by atoms with Gasteiger partial charge in [-0.2, -0.15) is 0 Å². The quantitative estimate of drug-likeness (QED) is 0.806. The SMILES string of the molecule is CCOc1ccccc1NC(=O)COc1c(C)cc(C)cc1Br. The Bertz CT molecular complexity index is 677. The summed E-state index contributed by atoms with van der Waals surface area (Å²) in [6, 6.07) is 11.3. The van der Waals surface area contributed by atoms with E-state index >= 15 is 0 Å². The fraction of sp³-hybridized carbons (Fsp3) is 0.278. The molecule has 0 saturated carbocycles. The fourth-order valence-electron chi connectivity index (χ4n) is 2.26. The summed E-state index contributed by atoms with van der Waals surface area (Å²) in [5.74, 6) is 1.10. The van der Waals surface area contributed by atoms with E-state index in [1.165, 1.54) is 0 Å². The minimum atomic E-state index is -0.232. The molecular weight excluding hydrogens is 358 g/mol. The highest BCUT2D eigenvalue weighted by Gasteiger charge is 2.11. The smallest absolute Gasteiger partial charge is 0.262 e. The van der Waals surface area contributed by atoms with Crippen molar-refractivity contribution in [2.45, 2.75) is 20.8 Å². The lowest BCUT2D eigenvalue weighted by atomic mass is 10.1. The molecule has 2 aromatic carbocycles. The summed E-state index contributed by atoms with van der Waals surface area (Å²) < 4.78 is 12.0. The molecule has 4 nitrogen and oxygen atoms in total. The van der Waals surface area contributed by atoms with E-state index in [4.69, 9.17) is 9.47 Å². The maximum absolute atomic E-state index is 12.1. The second-order valence-corrected chi connectivity index (χ2v) is 6.01. The molecule has 0 radical (unpaired) electrons. The number of nitrogens with one attached hydrogen (secondary N) is 1. The molecule has 2 rings (SSSR count). The van der Waals surface area contributed by atoms with Gasteiger partial charge in [-0.1, -0.05) is 18.2 Å². The van der Waals surface area contributed by atoms with Gasteiger partial charge in [0.2, 0.25) is 0 Å². The number of amides is 1. The standard InChI is InChI=1S/C18H20BrNO3/c1-4-22-16-8-6-5-7-15(16)20-17(21)11-23-18-13(3)9-12(2)10-14(18)19/h5-10H,4,11H2,1-3H3,(H,20,21). The lowest BCUT2D eigenvalue weighted by Gasteiger charge is -2.14. The number of anilines is 1. The van der Waals surface area contributed by atoms with Crippen LogP contribution in [0.15, 0.2) is 40.9 Å². The number of rotatable bonds is 6. The maximum Gasteiger partial charge on any atom is 0.262 e. The lowest BCUT2D eigenvalue weighted by molar-refractivity contribution is -0.118. The minimum Gasteiger partial charge on any atom is -0.492 e. The maximum atomic E-state index is 12.1. The molecule has 0 heterocycles. The molecule has 23 heavy (non-hydrogen) atoms. The highest BCUT2D eigenvalue weighted by atomic mass is 79.9. The van der Waals surface area contributed by atoms with Crippen LogP contribution < -0.4 is 14.8 Å². The second-order valence-electron chi connectivity index (χ2n) is 5.16. The number of hydrogen-bond donors (Lipinski definition) is 1. The third kappa shape index (κ3) is 4.73. The van der Waals surface area contributed by atoms with E-state index in [-0.39, 0.29) is 12.5 Å². The highest BCUT2D eigenvalue weighted by molar-refractivity contribution is 9.10. The van der Waals surface area contributed by atoms with Crippen molar-refractivity contribution < 1.29 is 14.3 Å². The van der Waals surface area contributed by atoms with E-state index in [9.17, 15) is 4.79 Å². The van der Waals surface area contributed by atoms with Crippen LogP contribution in [0.4, 0.5) is 5.69 Å². The van der Waals surface area contributed by atoms with Crippen molar-refractivity contribution in [1.82, 2.24) is 0 Å². The number of hydrogen-bond acceptors (Lipinski definition) is 3. The molecule has 0 atom stereocenters. The normalized spacial score (nSPS) is 10.3. The largest absolute Gasteiger partial charge is 0.492 e. The molecule has 2 aromatic rings. The van der Waals surface area contributed by atoms with Crippen molar-refractivity contribution in [3.63, 3.8) is 0 Å². The summed E-state index contributed by atoms with van der Waals surface area (Å²) in [5.41, 5.74) is 2.76. The average molecular weight is 378 g/mol. The molecule has 0 aliphatic carbocycles. The molecule has 0 spiro atoms. The Balaban J connectivity index is 2.01. The van der Waals surface area contributed by atoms with E-state index < -0.39 is 0 Å². The predicted octanol–water partition coefficient (Wildman–Crippen LogP) is 4.48. The number of para-hydroxylation sites is 2. The molecule has 0 unspecified atom stereocenters. The van der Waals surface area contributed by atoms with E-state index in [1.54, 1.807) is 6.07 Å². The number of aryl methyl sites for hydroxylation is 2. The summed E-state index contributed by atoms with van der Waals surface area (Å²) in [5, 5.41) is 2.81. The number of ether oxygens (including phenoxy) is 2. The van der Waals surface area contributed by atoms with Gasteiger partial charge in [0.25, 0.3) is 5.91 Å². The van der Waals surface area contributed by atoms with Crippen LogP contribution in [0.1, 0.15) is 18.1 Å². The molecule has 122 valence electrons. The number of benzene rings is 2. The first-order valence-corrected chi connectivity index (χ1v) is 8.21. The van der Waals surface area contributed by atoms with Crippen molar-refractivity contribution in [3.8, 4) is 11.5 Å². The third-order valence-electron chi connectivity index (χ3n) is 3.18. The minimum absolute atomic E-state index is 0.0665. The first-order valence-electron chi connectivity index (χ1n) is 7.42. The van der Waals surface area contributed by atoms with Crippen molar-refractivity contribution >= 4 is 27.5 Å². The van der Waals surface area contributed by atoms with Crippen molar-refractivity contribution in [2.24, 2.45) is 0 Å². The van der Waals surface area contributed by atoms with E-state index in [0.717, 1.165) is 15.6 Å². The van der Waals surface area contributed by atoms with Crippen LogP contribution in [0, 0.1) is 13.8 Å². The predicted molar refractivity (Wildman–Crippen MR) is 95.4 cm³/mol. The first-order chi connectivity index (χ1) is 11.0. The summed E-state index contributed by atoms with van der Waals surface area (Å²) in [4.78, 5) is 12.1. The van der Waals surface area contributed by atoms with Crippen LogP contribution in [-0.2, 0) is 4.79 Å². The summed E-state index contributed by atoms with van der Waals surface area (Å²) in [6.07, 6.45) is 0. The van der Waals surface area contributed by atoms with Gasteiger partial charge in [0, 0.05) is 0 Å². The zero-order chi connectivity index (χ0) is 16.8. The molecule has 5 heteroatoms. The topological polar surface area (TPSA) is 47.6 Å². The molecule has 0 bridgehead atoms. The molecule has 0 fully saturated rings. The first kappa shape index (κ1) is 17.3. The lowest BCUT2D eigenvalue weighted by Crippen LogP contribution is -2.21. The number of halogens is 1. The molecule has 1 amide bonds. The highest BCUT2D eigenvalue weighted by Crippen LogP contribution is 2.30. The van der Waals surface area contributed by atoms with E-state index in [2.05, 4.69) is 21.2 Å².